The highest BCUT2D eigenvalue weighted by molar-refractivity contribution is 7.99. The molecule has 0 aliphatic rings. The molecular formula is C19H17NO3S. The fourth-order valence-corrected chi connectivity index (χ4v) is 3.46. The molecule has 0 aliphatic carbocycles. The first-order valence-corrected chi connectivity index (χ1v) is 8.42. The summed E-state index contributed by atoms with van der Waals surface area (Å²) in [6.45, 7) is 4.18. The molecule has 0 saturated heterocycles. The minimum atomic E-state index is -0.551. The van der Waals surface area contributed by atoms with E-state index < -0.39 is 5.63 Å². The first-order chi connectivity index (χ1) is 11.6. The Kier molecular flexibility index (Phi) is 4.71. The van der Waals surface area contributed by atoms with E-state index in [4.69, 9.17) is 4.42 Å². The summed E-state index contributed by atoms with van der Waals surface area (Å²) in [5, 5.41) is 10.3. The van der Waals surface area contributed by atoms with Gasteiger partial charge in [0.05, 0.1) is 0 Å². The van der Waals surface area contributed by atoms with E-state index in [1.54, 1.807) is 24.5 Å². The van der Waals surface area contributed by atoms with Gasteiger partial charge in [0.15, 0.2) is 0 Å². The van der Waals surface area contributed by atoms with E-state index in [2.05, 4.69) is 18.8 Å². The third-order valence-electron chi connectivity index (χ3n) is 3.61. The van der Waals surface area contributed by atoms with E-state index in [1.165, 1.54) is 17.8 Å². The van der Waals surface area contributed by atoms with Gasteiger partial charge in [-0.25, -0.2) is 4.79 Å². The van der Waals surface area contributed by atoms with Crippen LogP contribution in [0.25, 0.3) is 11.3 Å². The molecule has 0 fully saturated rings. The molecule has 24 heavy (non-hydrogen) atoms. The number of rotatable bonds is 4. The Morgan fingerprint density at radius 1 is 1.12 bits per heavy atom. The predicted molar refractivity (Wildman–Crippen MR) is 94.5 cm³/mol. The van der Waals surface area contributed by atoms with E-state index in [0.717, 1.165) is 10.5 Å². The first kappa shape index (κ1) is 16.3. The lowest BCUT2D eigenvalue weighted by Crippen LogP contribution is -2.03. The van der Waals surface area contributed by atoms with Gasteiger partial charge < -0.3 is 9.52 Å². The molecule has 122 valence electrons. The average molecular weight is 339 g/mol. The van der Waals surface area contributed by atoms with Gasteiger partial charge in [-0.15, -0.1) is 0 Å². The van der Waals surface area contributed by atoms with Crippen molar-refractivity contribution in [1.29, 1.82) is 0 Å². The Bertz CT molecular complexity index is 904. The molecule has 0 spiro atoms. The number of benzene rings is 1. The summed E-state index contributed by atoms with van der Waals surface area (Å²) in [5.74, 6) is 0.557. The van der Waals surface area contributed by atoms with Crippen molar-refractivity contribution in [2.45, 2.75) is 29.6 Å². The van der Waals surface area contributed by atoms with Crippen LogP contribution in [0.4, 0.5) is 0 Å². The van der Waals surface area contributed by atoms with Crippen LogP contribution in [0, 0.1) is 0 Å². The van der Waals surface area contributed by atoms with Crippen LogP contribution < -0.4 is 5.63 Å². The molecule has 5 heteroatoms. The largest absolute Gasteiger partial charge is 0.506 e. The second-order valence-corrected chi connectivity index (χ2v) is 6.70. The summed E-state index contributed by atoms with van der Waals surface area (Å²) in [6.07, 6.45) is 3.21. The van der Waals surface area contributed by atoms with Gasteiger partial charge in [0.25, 0.3) is 0 Å². The molecule has 0 bridgehead atoms. The van der Waals surface area contributed by atoms with E-state index >= 15 is 0 Å². The van der Waals surface area contributed by atoms with Gasteiger partial charge in [0.1, 0.15) is 16.4 Å². The molecule has 0 saturated carbocycles. The summed E-state index contributed by atoms with van der Waals surface area (Å²) in [6, 6.07) is 12.8. The third kappa shape index (κ3) is 3.36. The number of aromatic nitrogens is 1. The average Bonchev–Trinajstić information content (AvgIpc) is 2.59. The highest BCUT2D eigenvalue weighted by Crippen LogP contribution is 2.37. The van der Waals surface area contributed by atoms with Crippen molar-refractivity contribution in [2.75, 3.05) is 0 Å². The molecule has 0 aliphatic heterocycles. The molecule has 0 atom stereocenters. The number of aromatic hydroxyl groups is 1. The number of nitrogens with zero attached hydrogens (tertiary/aromatic N) is 1. The van der Waals surface area contributed by atoms with Crippen molar-refractivity contribution in [2.24, 2.45) is 0 Å². The fourth-order valence-electron chi connectivity index (χ4n) is 2.38. The highest BCUT2D eigenvalue weighted by atomic mass is 32.2. The van der Waals surface area contributed by atoms with Crippen LogP contribution in [-0.2, 0) is 0 Å². The minimum Gasteiger partial charge on any atom is -0.506 e. The molecule has 2 aromatic heterocycles. The molecule has 0 radical (unpaired) electrons. The lowest BCUT2D eigenvalue weighted by Gasteiger charge is -2.12. The second-order valence-electron chi connectivity index (χ2n) is 5.64. The molecule has 2 heterocycles. The SMILES string of the molecule is CC(C)c1ccccc1Sc1c(O)cc(-c2ccncc2)oc1=O. The van der Waals surface area contributed by atoms with Gasteiger partial charge in [-0.1, -0.05) is 43.8 Å². The molecule has 3 aromatic rings. The number of pyridine rings is 1. The van der Waals surface area contributed by atoms with Crippen molar-refractivity contribution >= 4 is 11.8 Å². The van der Waals surface area contributed by atoms with E-state index in [9.17, 15) is 9.90 Å². The van der Waals surface area contributed by atoms with Crippen molar-refractivity contribution in [1.82, 2.24) is 4.98 Å². The number of hydrogen-bond donors (Lipinski definition) is 1. The summed E-state index contributed by atoms with van der Waals surface area (Å²) in [4.78, 5) is 17.4. The monoisotopic (exact) mass is 339 g/mol. The van der Waals surface area contributed by atoms with Gasteiger partial charge in [-0.05, 0) is 29.7 Å². The Labute approximate surface area is 144 Å². The molecule has 4 nitrogen and oxygen atoms in total. The fraction of sp³-hybridized carbons (Fsp3) is 0.158. The van der Waals surface area contributed by atoms with Crippen molar-refractivity contribution in [3.63, 3.8) is 0 Å². The van der Waals surface area contributed by atoms with Crippen LogP contribution in [-0.4, -0.2) is 10.1 Å². The zero-order chi connectivity index (χ0) is 17.1. The van der Waals surface area contributed by atoms with Gasteiger partial charge in [0, 0.05) is 28.9 Å². The van der Waals surface area contributed by atoms with E-state index in [-0.39, 0.29) is 10.6 Å². The zero-order valence-corrected chi connectivity index (χ0v) is 14.2. The predicted octanol–water partition coefficient (Wildman–Crippen LogP) is 4.68. The van der Waals surface area contributed by atoms with Crippen molar-refractivity contribution < 1.29 is 9.52 Å². The Morgan fingerprint density at radius 2 is 1.83 bits per heavy atom. The quantitative estimate of drug-likeness (QED) is 0.747. The van der Waals surface area contributed by atoms with Gasteiger partial charge >= 0.3 is 5.63 Å². The Hall–Kier alpha value is -2.53. The van der Waals surface area contributed by atoms with Gasteiger partial charge in [0.2, 0.25) is 0 Å². The standard InChI is InChI=1S/C19H17NO3S/c1-12(2)14-5-3-4-6-17(14)24-18-15(21)11-16(23-19(18)22)13-7-9-20-10-8-13/h3-12,21H,1-2H3. The zero-order valence-electron chi connectivity index (χ0n) is 13.4. The maximum Gasteiger partial charge on any atom is 0.354 e. The maximum absolute atomic E-state index is 12.4. The van der Waals surface area contributed by atoms with Crippen molar-refractivity contribution in [3.05, 3.63) is 70.8 Å². The molecule has 1 aromatic carbocycles. The van der Waals surface area contributed by atoms with Crippen LogP contribution in [0.15, 0.2) is 73.9 Å². The van der Waals surface area contributed by atoms with E-state index in [0.29, 0.717) is 17.2 Å². The summed E-state index contributed by atoms with van der Waals surface area (Å²) in [7, 11) is 0. The Morgan fingerprint density at radius 3 is 2.50 bits per heavy atom. The van der Waals surface area contributed by atoms with Crippen molar-refractivity contribution in [3.8, 4) is 17.1 Å². The van der Waals surface area contributed by atoms with Crippen LogP contribution in [0.3, 0.4) is 0 Å². The molecule has 0 amide bonds. The molecule has 3 rings (SSSR count). The lowest BCUT2D eigenvalue weighted by atomic mass is 10.0. The molecule has 0 unspecified atom stereocenters. The smallest absolute Gasteiger partial charge is 0.354 e. The number of hydrogen-bond acceptors (Lipinski definition) is 5. The molecular weight excluding hydrogens is 322 g/mol. The summed E-state index contributed by atoms with van der Waals surface area (Å²) < 4.78 is 5.38. The Balaban J connectivity index is 2.01. The molecule has 1 N–H and O–H groups in total. The second kappa shape index (κ2) is 6.93. The lowest BCUT2D eigenvalue weighted by molar-refractivity contribution is 0.430. The van der Waals surface area contributed by atoms with Crippen LogP contribution >= 0.6 is 11.8 Å². The summed E-state index contributed by atoms with van der Waals surface area (Å²) in [5.41, 5.74) is 1.27. The van der Waals surface area contributed by atoms with Crippen LogP contribution in [0.5, 0.6) is 5.75 Å². The van der Waals surface area contributed by atoms with Crippen LogP contribution in [0.2, 0.25) is 0 Å². The van der Waals surface area contributed by atoms with Crippen LogP contribution in [0.1, 0.15) is 25.3 Å². The topological polar surface area (TPSA) is 63.3 Å². The first-order valence-electron chi connectivity index (χ1n) is 7.60. The van der Waals surface area contributed by atoms with E-state index in [1.807, 2.05) is 24.3 Å². The normalized spacial score (nSPS) is 11.0. The van der Waals surface area contributed by atoms with Gasteiger partial charge in [-0.2, -0.15) is 0 Å². The summed E-state index contributed by atoms with van der Waals surface area (Å²) >= 11 is 1.23. The van der Waals surface area contributed by atoms with Gasteiger partial charge in [-0.3, -0.25) is 4.98 Å². The third-order valence-corrected chi connectivity index (χ3v) is 4.78. The highest BCUT2D eigenvalue weighted by Gasteiger charge is 2.16. The maximum atomic E-state index is 12.4. The minimum absolute atomic E-state index is 0.0818.